The minimum absolute atomic E-state index is 0.142. The maximum Gasteiger partial charge on any atom is 0.252 e. The minimum atomic E-state index is -0.142. The number of carbonyl (C=O) groups excluding carboxylic acids is 1. The Morgan fingerprint density at radius 2 is 1.89 bits per heavy atom. The van der Waals surface area contributed by atoms with E-state index in [0.29, 0.717) is 28.6 Å². The maximum atomic E-state index is 12.4. The van der Waals surface area contributed by atoms with Crippen LogP contribution in [0.2, 0.25) is 5.02 Å². The molecule has 1 heterocycles. The van der Waals surface area contributed by atoms with E-state index in [-0.39, 0.29) is 5.91 Å². The molecule has 28 heavy (non-hydrogen) atoms. The smallest absolute Gasteiger partial charge is 0.252 e. The predicted octanol–water partition coefficient (Wildman–Crippen LogP) is 4.85. The third-order valence-electron chi connectivity index (χ3n) is 4.21. The van der Waals surface area contributed by atoms with Crippen LogP contribution in [0.25, 0.3) is 0 Å². The summed E-state index contributed by atoms with van der Waals surface area (Å²) in [6.07, 6.45) is 5.02. The first-order valence-electron chi connectivity index (χ1n) is 9.03. The molecule has 0 saturated heterocycles. The molecule has 0 fully saturated rings. The van der Waals surface area contributed by atoms with Gasteiger partial charge in [-0.05, 0) is 42.7 Å². The molecule has 2 N–H and O–H groups in total. The van der Waals surface area contributed by atoms with E-state index in [4.69, 9.17) is 16.3 Å². The molecule has 0 aliphatic rings. The Morgan fingerprint density at radius 3 is 2.64 bits per heavy atom. The van der Waals surface area contributed by atoms with Gasteiger partial charge in [-0.15, -0.1) is 0 Å². The average molecular weight is 396 g/mol. The topological polar surface area (TPSA) is 63.2 Å². The number of anilines is 2. The lowest BCUT2D eigenvalue weighted by atomic mass is 10.1. The molecule has 0 unspecified atom stereocenters. The normalized spacial score (nSPS) is 10.4. The van der Waals surface area contributed by atoms with Crippen molar-refractivity contribution in [2.45, 2.75) is 12.8 Å². The minimum Gasteiger partial charge on any atom is -0.495 e. The Hall–Kier alpha value is -3.05. The highest BCUT2D eigenvalue weighted by Gasteiger charge is 2.08. The number of hydrogen-bond donors (Lipinski definition) is 2. The maximum absolute atomic E-state index is 12.4. The number of carbonyl (C=O) groups is 1. The first-order chi connectivity index (χ1) is 13.7. The lowest BCUT2D eigenvalue weighted by Gasteiger charge is -2.10. The van der Waals surface area contributed by atoms with Crippen molar-refractivity contribution in [2.24, 2.45) is 0 Å². The van der Waals surface area contributed by atoms with Gasteiger partial charge in [0.15, 0.2) is 0 Å². The number of benzene rings is 2. The lowest BCUT2D eigenvalue weighted by molar-refractivity contribution is 0.0953. The van der Waals surface area contributed by atoms with Gasteiger partial charge >= 0.3 is 0 Å². The van der Waals surface area contributed by atoms with Crippen molar-refractivity contribution in [3.05, 3.63) is 83.1 Å². The number of pyridine rings is 1. The van der Waals surface area contributed by atoms with Crippen LogP contribution in [0.3, 0.4) is 0 Å². The molecule has 1 aromatic heterocycles. The first kappa shape index (κ1) is 19.7. The van der Waals surface area contributed by atoms with Gasteiger partial charge in [-0.2, -0.15) is 0 Å². The SMILES string of the molecule is COc1ccc(Nc2cncc(C(=O)NCCCc3ccccc3)c2)cc1Cl. The molecule has 0 atom stereocenters. The molecular formula is C22H22ClN3O2. The van der Waals surface area contributed by atoms with E-state index >= 15 is 0 Å². The number of halogens is 1. The van der Waals surface area contributed by atoms with Crippen LogP contribution in [-0.4, -0.2) is 24.5 Å². The van der Waals surface area contributed by atoms with E-state index in [1.165, 1.54) is 5.56 Å². The van der Waals surface area contributed by atoms with Gasteiger partial charge in [0.1, 0.15) is 5.75 Å². The second kappa shape index (κ2) is 9.76. The lowest BCUT2D eigenvalue weighted by Crippen LogP contribution is -2.25. The predicted molar refractivity (Wildman–Crippen MR) is 113 cm³/mol. The van der Waals surface area contributed by atoms with Crippen molar-refractivity contribution in [1.82, 2.24) is 10.3 Å². The summed E-state index contributed by atoms with van der Waals surface area (Å²) >= 11 is 6.15. The number of nitrogens with zero attached hydrogens (tertiary/aromatic N) is 1. The zero-order valence-electron chi connectivity index (χ0n) is 15.6. The van der Waals surface area contributed by atoms with Gasteiger partial charge in [0.05, 0.1) is 29.6 Å². The van der Waals surface area contributed by atoms with E-state index in [2.05, 4.69) is 27.8 Å². The van der Waals surface area contributed by atoms with Gasteiger partial charge in [0.2, 0.25) is 0 Å². The molecule has 0 spiro atoms. The van der Waals surface area contributed by atoms with Gasteiger partial charge in [0.25, 0.3) is 5.91 Å². The molecule has 2 aromatic carbocycles. The third kappa shape index (κ3) is 5.47. The highest BCUT2D eigenvalue weighted by Crippen LogP contribution is 2.28. The second-order valence-electron chi connectivity index (χ2n) is 6.28. The summed E-state index contributed by atoms with van der Waals surface area (Å²) in [5.41, 5.74) is 3.26. The molecule has 0 saturated carbocycles. The van der Waals surface area contributed by atoms with Crippen LogP contribution in [-0.2, 0) is 6.42 Å². The number of amides is 1. The molecular weight excluding hydrogens is 374 g/mol. The molecule has 0 bridgehead atoms. The van der Waals surface area contributed by atoms with Crippen LogP contribution in [0, 0.1) is 0 Å². The van der Waals surface area contributed by atoms with E-state index in [1.807, 2.05) is 24.3 Å². The van der Waals surface area contributed by atoms with E-state index < -0.39 is 0 Å². The van der Waals surface area contributed by atoms with E-state index in [0.717, 1.165) is 18.5 Å². The number of rotatable bonds is 8. The van der Waals surface area contributed by atoms with Crippen LogP contribution >= 0.6 is 11.6 Å². The fraction of sp³-hybridized carbons (Fsp3) is 0.182. The van der Waals surface area contributed by atoms with Crippen molar-refractivity contribution < 1.29 is 9.53 Å². The number of nitrogens with one attached hydrogen (secondary N) is 2. The summed E-state index contributed by atoms with van der Waals surface area (Å²) in [5, 5.41) is 6.64. The fourth-order valence-electron chi connectivity index (χ4n) is 2.78. The summed E-state index contributed by atoms with van der Waals surface area (Å²) in [5.74, 6) is 0.464. The number of aryl methyl sites for hydroxylation is 1. The number of hydrogen-bond acceptors (Lipinski definition) is 4. The number of methoxy groups -OCH3 is 1. The van der Waals surface area contributed by atoms with Crippen LogP contribution < -0.4 is 15.4 Å². The summed E-state index contributed by atoms with van der Waals surface area (Å²) in [7, 11) is 1.57. The molecule has 3 aromatic rings. The molecule has 144 valence electrons. The Kier molecular flexibility index (Phi) is 6.87. The molecule has 5 nitrogen and oxygen atoms in total. The zero-order valence-corrected chi connectivity index (χ0v) is 16.4. The summed E-state index contributed by atoms with van der Waals surface area (Å²) in [6.45, 7) is 0.611. The molecule has 0 aliphatic carbocycles. The largest absolute Gasteiger partial charge is 0.495 e. The Balaban J connectivity index is 1.54. The summed E-state index contributed by atoms with van der Waals surface area (Å²) in [4.78, 5) is 16.5. The fourth-order valence-corrected chi connectivity index (χ4v) is 3.04. The average Bonchev–Trinajstić information content (AvgIpc) is 2.72. The molecule has 1 amide bonds. The molecule has 0 aliphatic heterocycles. The quantitative estimate of drug-likeness (QED) is 0.535. The molecule has 0 radical (unpaired) electrons. The zero-order chi connectivity index (χ0) is 19.8. The molecule has 3 rings (SSSR count). The van der Waals surface area contributed by atoms with E-state index in [1.54, 1.807) is 37.7 Å². The number of aromatic nitrogens is 1. The molecule has 6 heteroatoms. The Morgan fingerprint density at radius 1 is 1.07 bits per heavy atom. The second-order valence-corrected chi connectivity index (χ2v) is 6.69. The van der Waals surface area contributed by atoms with Crippen molar-refractivity contribution in [3.63, 3.8) is 0 Å². The first-order valence-corrected chi connectivity index (χ1v) is 9.41. The van der Waals surface area contributed by atoms with Gasteiger partial charge in [-0.25, -0.2) is 0 Å². The monoisotopic (exact) mass is 395 g/mol. The van der Waals surface area contributed by atoms with Crippen molar-refractivity contribution in [2.75, 3.05) is 19.0 Å². The van der Waals surface area contributed by atoms with Crippen LogP contribution in [0.1, 0.15) is 22.3 Å². The van der Waals surface area contributed by atoms with Gasteiger partial charge < -0.3 is 15.4 Å². The Bertz CT molecular complexity index is 932. The Labute approximate surface area is 169 Å². The van der Waals surface area contributed by atoms with Crippen LogP contribution in [0.15, 0.2) is 67.0 Å². The highest BCUT2D eigenvalue weighted by molar-refractivity contribution is 6.32. The summed E-state index contributed by atoms with van der Waals surface area (Å²) in [6, 6.07) is 17.4. The number of ether oxygens (including phenoxy) is 1. The van der Waals surface area contributed by atoms with Crippen molar-refractivity contribution >= 4 is 28.9 Å². The standard InChI is InChI=1S/C22H22ClN3O2/c1-28-21-10-9-18(13-20(21)23)26-19-12-17(14-24-15-19)22(27)25-11-5-8-16-6-3-2-4-7-16/h2-4,6-7,9-10,12-15,26H,5,8,11H2,1H3,(H,25,27). The highest BCUT2D eigenvalue weighted by atomic mass is 35.5. The summed E-state index contributed by atoms with van der Waals surface area (Å²) < 4.78 is 5.15. The third-order valence-corrected chi connectivity index (χ3v) is 4.51. The van der Waals surface area contributed by atoms with Gasteiger partial charge in [0, 0.05) is 18.4 Å². The van der Waals surface area contributed by atoms with Crippen LogP contribution in [0.5, 0.6) is 5.75 Å². The van der Waals surface area contributed by atoms with E-state index in [9.17, 15) is 4.79 Å². The van der Waals surface area contributed by atoms with Gasteiger partial charge in [-0.3, -0.25) is 9.78 Å². The van der Waals surface area contributed by atoms with Crippen molar-refractivity contribution in [1.29, 1.82) is 0 Å². The van der Waals surface area contributed by atoms with Crippen molar-refractivity contribution in [3.8, 4) is 5.75 Å². The van der Waals surface area contributed by atoms with Crippen LogP contribution in [0.4, 0.5) is 11.4 Å². The van der Waals surface area contributed by atoms with Gasteiger partial charge in [-0.1, -0.05) is 41.9 Å².